The molecule has 1 aliphatic heterocycles. The number of aliphatic hydroxyl groups is 1. The summed E-state index contributed by atoms with van der Waals surface area (Å²) in [5.41, 5.74) is 0.812. The number of amides is 1. The average Bonchev–Trinajstić information content (AvgIpc) is 2.94. The lowest BCUT2D eigenvalue weighted by Gasteiger charge is -2.42. The van der Waals surface area contributed by atoms with Gasteiger partial charge in [0, 0.05) is 49.8 Å². The predicted octanol–water partition coefficient (Wildman–Crippen LogP) is 3.05. The summed E-state index contributed by atoms with van der Waals surface area (Å²) >= 11 is 0. The Morgan fingerprint density at radius 2 is 2.15 bits per heavy atom. The fourth-order valence-corrected chi connectivity index (χ4v) is 3.77. The van der Waals surface area contributed by atoms with Gasteiger partial charge in [-0.2, -0.15) is 0 Å². The van der Waals surface area contributed by atoms with Gasteiger partial charge in [0.1, 0.15) is 0 Å². The number of piperazine rings is 1. The molecule has 142 valence electrons. The van der Waals surface area contributed by atoms with Gasteiger partial charge in [0.25, 0.3) is 5.91 Å². The van der Waals surface area contributed by atoms with Crippen LogP contribution in [0.1, 0.15) is 36.4 Å². The van der Waals surface area contributed by atoms with Crippen LogP contribution >= 0.6 is 0 Å². The number of hydrogen-bond acceptors (Lipinski definition) is 4. The lowest BCUT2D eigenvalue weighted by Crippen LogP contribution is -2.55. The largest absolute Gasteiger partial charge is 0.448 e. The summed E-state index contributed by atoms with van der Waals surface area (Å²) < 4.78 is 19.6. The summed E-state index contributed by atoms with van der Waals surface area (Å²) in [5.74, 6) is 0.0824. The second kappa shape index (κ2) is 7.76. The van der Waals surface area contributed by atoms with Gasteiger partial charge in [0.2, 0.25) is 0 Å². The van der Waals surface area contributed by atoms with E-state index in [0.717, 1.165) is 13.1 Å². The summed E-state index contributed by atoms with van der Waals surface area (Å²) in [6.45, 7) is 9.08. The lowest BCUT2D eigenvalue weighted by atomic mass is 10.1. The second-order valence-electron chi connectivity index (χ2n) is 7.48. The van der Waals surface area contributed by atoms with Crippen molar-refractivity contribution < 1.29 is 18.7 Å². The van der Waals surface area contributed by atoms with E-state index in [1.54, 1.807) is 24.0 Å². The minimum absolute atomic E-state index is 0.0934. The van der Waals surface area contributed by atoms with E-state index in [0.29, 0.717) is 36.4 Å². The number of hydrogen-bond donors (Lipinski definition) is 1. The molecule has 5 nitrogen and oxygen atoms in total. The molecule has 2 aromatic rings. The number of benzene rings is 1. The molecule has 3 rings (SSSR count). The molecular weight excluding hydrogens is 335 g/mol. The molecule has 1 aliphatic rings. The van der Waals surface area contributed by atoms with Gasteiger partial charge in [-0.15, -0.1) is 0 Å². The zero-order valence-electron chi connectivity index (χ0n) is 15.7. The minimum atomic E-state index is -0.454. The summed E-state index contributed by atoms with van der Waals surface area (Å²) in [7, 11) is 0. The van der Waals surface area contributed by atoms with Crippen LogP contribution in [0.15, 0.2) is 22.6 Å². The van der Waals surface area contributed by atoms with E-state index in [9.17, 15) is 14.3 Å². The third-order valence-corrected chi connectivity index (χ3v) is 5.06. The predicted molar refractivity (Wildman–Crippen MR) is 98.7 cm³/mol. The fraction of sp³-hybridized carbons (Fsp3) is 0.550. The number of furan rings is 1. The molecule has 1 atom stereocenters. The molecule has 1 N–H and O–H groups in total. The summed E-state index contributed by atoms with van der Waals surface area (Å²) in [5, 5.41) is 10.0. The van der Waals surface area contributed by atoms with Crippen LogP contribution < -0.4 is 0 Å². The number of carbonyl (C=O) groups is 1. The van der Waals surface area contributed by atoms with Crippen molar-refractivity contribution in [3.8, 4) is 0 Å². The SMILES string of the molecule is Cc1c(C(=O)N2CCN(CC(C)C)[C@@H](CCO)C2)oc2c(F)cccc12. The highest BCUT2D eigenvalue weighted by Gasteiger charge is 2.32. The van der Waals surface area contributed by atoms with Gasteiger partial charge in [-0.05, 0) is 25.3 Å². The van der Waals surface area contributed by atoms with E-state index in [1.165, 1.54) is 6.07 Å². The maximum atomic E-state index is 14.0. The topological polar surface area (TPSA) is 56.9 Å². The molecule has 0 unspecified atom stereocenters. The van der Waals surface area contributed by atoms with Crippen molar-refractivity contribution in [1.29, 1.82) is 0 Å². The molecule has 1 fully saturated rings. The molecule has 26 heavy (non-hydrogen) atoms. The number of nitrogens with zero attached hydrogens (tertiary/aromatic N) is 2. The average molecular weight is 362 g/mol. The summed E-state index contributed by atoms with van der Waals surface area (Å²) in [6.07, 6.45) is 0.629. The molecule has 0 saturated carbocycles. The van der Waals surface area contributed by atoms with Crippen molar-refractivity contribution >= 4 is 16.9 Å². The van der Waals surface area contributed by atoms with Crippen LogP contribution in [0.4, 0.5) is 4.39 Å². The third-order valence-electron chi connectivity index (χ3n) is 5.06. The number of para-hydroxylation sites is 1. The van der Waals surface area contributed by atoms with Crippen LogP contribution in [-0.4, -0.2) is 59.6 Å². The highest BCUT2D eigenvalue weighted by Crippen LogP contribution is 2.29. The monoisotopic (exact) mass is 362 g/mol. The van der Waals surface area contributed by atoms with Crippen LogP contribution in [0, 0.1) is 18.7 Å². The Kier molecular flexibility index (Phi) is 5.63. The maximum Gasteiger partial charge on any atom is 0.289 e. The zero-order chi connectivity index (χ0) is 18.8. The molecule has 0 aliphatic carbocycles. The number of aryl methyl sites for hydroxylation is 1. The first-order valence-electron chi connectivity index (χ1n) is 9.24. The maximum absolute atomic E-state index is 14.0. The number of halogens is 1. The fourth-order valence-electron chi connectivity index (χ4n) is 3.77. The Morgan fingerprint density at radius 3 is 2.81 bits per heavy atom. The van der Waals surface area contributed by atoms with E-state index in [1.807, 2.05) is 0 Å². The number of carbonyl (C=O) groups excluding carboxylic acids is 1. The molecule has 0 bridgehead atoms. The number of aliphatic hydroxyl groups excluding tert-OH is 1. The summed E-state index contributed by atoms with van der Waals surface area (Å²) in [4.78, 5) is 17.1. The van der Waals surface area contributed by atoms with Crippen LogP contribution in [0.25, 0.3) is 11.0 Å². The second-order valence-corrected chi connectivity index (χ2v) is 7.48. The molecule has 1 amide bonds. The van der Waals surface area contributed by atoms with Crippen molar-refractivity contribution in [3.63, 3.8) is 0 Å². The quantitative estimate of drug-likeness (QED) is 0.888. The minimum Gasteiger partial charge on any atom is -0.448 e. The Labute approximate surface area is 153 Å². The van der Waals surface area contributed by atoms with Crippen molar-refractivity contribution in [2.75, 3.05) is 32.8 Å². The van der Waals surface area contributed by atoms with Crippen molar-refractivity contribution in [1.82, 2.24) is 9.80 Å². The van der Waals surface area contributed by atoms with Gasteiger partial charge in [0.15, 0.2) is 17.2 Å². The molecule has 0 spiro atoms. The van der Waals surface area contributed by atoms with Crippen molar-refractivity contribution in [2.45, 2.75) is 33.2 Å². The number of rotatable bonds is 5. The van der Waals surface area contributed by atoms with Crippen molar-refractivity contribution in [3.05, 3.63) is 35.3 Å². The first-order valence-corrected chi connectivity index (χ1v) is 9.24. The molecule has 0 radical (unpaired) electrons. The molecule has 1 aromatic heterocycles. The van der Waals surface area contributed by atoms with Gasteiger partial charge in [-0.25, -0.2) is 4.39 Å². The van der Waals surface area contributed by atoms with Crippen LogP contribution in [0.3, 0.4) is 0 Å². The number of fused-ring (bicyclic) bond motifs is 1. The van der Waals surface area contributed by atoms with E-state index < -0.39 is 5.82 Å². The first kappa shape index (κ1) is 18.9. The van der Waals surface area contributed by atoms with E-state index in [2.05, 4.69) is 18.7 Å². The normalized spacial score (nSPS) is 18.8. The Bertz CT molecular complexity index is 787. The van der Waals surface area contributed by atoms with Gasteiger partial charge in [-0.1, -0.05) is 26.0 Å². The Balaban J connectivity index is 1.82. The van der Waals surface area contributed by atoms with E-state index in [-0.39, 0.29) is 29.9 Å². The van der Waals surface area contributed by atoms with Gasteiger partial charge in [0.05, 0.1) is 0 Å². The van der Waals surface area contributed by atoms with Gasteiger partial charge < -0.3 is 14.4 Å². The highest BCUT2D eigenvalue weighted by molar-refractivity contribution is 5.99. The van der Waals surface area contributed by atoms with Gasteiger partial charge >= 0.3 is 0 Å². The van der Waals surface area contributed by atoms with Crippen LogP contribution in [-0.2, 0) is 0 Å². The molecule has 1 aromatic carbocycles. The first-order chi connectivity index (χ1) is 12.4. The smallest absolute Gasteiger partial charge is 0.289 e. The standard InChI is InChI=1S/C20H27FN2O3/c1-13(2)11-22-8-9-23(12-15(22)7-10-24)20(25)18-14(3)16-5-4-6-17(21)19(16)26-18/h4-6,13,15,24H,7-12H2,1-3H3/t15-/m0/s1. The molecule has 1 saturated heterocycles. The Hall–Kier alpha value is -1.92. The van der Waals surface area contributed by atoms with E-state index >= 15 is 0 Å². The van der Waals surface area contributed by atoms with Crippen molar-refractivity contribution in [2.24, 2.45) is 5.92 Å². The highest BCUT2D eigenvalue weighted by atomic mass is 19.1. The third kappa shape index (κ3) is 3.62. The summed E-state index contributed by atoms with van der Waals surface area (Å²) in [6, 6.07) is 4.85. The lowest BCUT2D eigenvalue weighted by molar-refractivity contribution is 0.0363. The van der Waals surface area contributed by atoms with Crippen LogP contribution in [0.5, 0.6) is 0 Å². The molecule has 2 heterocycles. The molecule has 6 heteroatoms. The van der Waals surface area contributed by atoms with Crippen LogP contribution in [0.2, 0.25) is 0 Å². The zero-order valence-corrected chi connectivity index (χ0v) is 15.7. The molecular formula is C20H27FN2O3. The van der Waals surface area contributed by atoms with E-state index in [4.69, 9.17) is 4.42 Å². The van der Waals surface area contributed by atoms with Gasteiger partial charge in [-0.3, -0.25) is 9.69 Å². The Morgan fingerprint density at radius 1 is 1.38 bits per heavy atom.